The Morgan fingerprint density at radius 3 is 2.34 bits per heavy atom. The second-order valence-electron chi connectivity index (χ2n) is 7.50. The average molecular weight is 449 g/mol. The highest BCUT2D eigenvalue weighted by Crippen LogP contribution is 2.26. The molecule has 3 amide bonds. The fourth-order valence-corrected chi connectivity index (χ4v) is 4.81. The van der Waals surface area contributed by atoms with Gasteiger partial charge in [-0.2, -0.15) is 0 Å². The molecule has 9 nitrogen and oxygen atoms in total. The lowest BCUT2D eigenvalue weighted by Crippen LogP contribution is -2.31. The number of hydrogen-bond acceptors (Lipinski definition) is 7. The molecule has 0 saturated carbocycles. The highest BCUT2D eigenvalue weighted by Gasteiger charge is 2.34. The minimum Gasteiger partial charge on any atom is -0.335 e. The van der Waals surface area contributed by atoms with E-state index in [1.165, 1.54) is 16.7 Å². The second-order valence-corrected chi connectivity index (χ2v) is 8.56. The summed E-state index contributed by atoms with van der Waals surface area (Å²) in [7, 11) is 0. The molecule has 0 atom stereocenters. The van der Waals surface area contributed by atoms with Crippen molar-refractivity contribution in [2.75, 3.05) is 18.8 Å². The zero-order valence-corrected chi connectivity index (χ0v) is 18.0. The molecule has 1 aromatic carbocycles. The van der Waals surface area contributed by atoms with Crippen LogP contribution < -0.4 is 0 Å². The van der Waals surface area contributed by atoms with Crippen LogP contribution >= 0.6 is 11.8 Å². The molecule has 1 saturated heterocycles. The summed E-state index contributed by atoms with van der Waals surface area (Å²) in [5.41, 5.74) is 0.883. The third-order valence-electron chi connectivity index (χ3n) is 5.51. The number of amides is 3. The molecule has 32 heavy (non-hydrogen) atoms. The number of rotatable bonds is 7. The molecule has 5 rings (SSSR count). The van der Waals surface area contributed by atoms with Crippen molar-refractivity contribution in [2.24, 2.45) is 0 Å². The van der Waals surface area contributed by atoms with Gasteiger partial charge in [0, 0.05) is 31.5 Å². The van der Waals surface area contributed by atoms with E-state index in [1.54, 1.807) is 35.4 Å². The Bertz CT molecular complexity index is 1160. The van der Waals surface area contributed by atoms with Crippen LogP contribution in [0.25, 0.3) is 5.82 Å². The number of likely N-dealkylation sites (tertiary alicyclic amines) is 1. The van der Waals surface area contributed by atoms with Crippen molar-refractivity contribution in [3.63, 3.8) is 0 Å². The summed E-state index contributed by atoms with van der Waals surface area (Å²) in [6.07, 6.45) is 3.09. The predicted octanol–water partition coefficient (Wildman–Crippen LogP) is 2.17. The molecule has 3 aromatic rings. The molecule has 2 aliphatic rings. The predicted molar refractivity (Wildman–Crippen MR) is 116 cm³/mol. The van der Waals surface area contributed by atoms with Crippen molar-refractivity contribution in [3.05, 3.63) is 65.6 Å². The normalized spacial score (nSPS) is 15.7. The maximum atomic E-state index is 12.6. The Hall–Kier alpha value is -3.53. The number of hydrogen-bond donors (Lipinski definition) is 0. The fourth-order valence-electron chi connectivity index (χ4n) is 3.92. The van der Waals surface area contributed by atoms with Gasteiger partial charge < -0.3 is 4.90 Å². The molecule has 0 unspecified atom stereocenters. The van der Waals surface area contributed by atoms with Crippen LogP contribution in [0, 0.1) is 0 Å². The largest absolute Gasteiger partial charge is 0.335 e. The van der Waals surface area contributed by atoms with E-state index in [9.17, 15) is 14.4 Å². The van der Waals surface area contributed by atoms with E-state index in [2.05, 4.69) is 15.2 Å². The maximum Gasteiger partial charge on any atom is 0.261 e. The van der Waals surface area contributed by atoms with Crippen molar-refractivity contribution in [3.8, 4) is 5.82 Å². The Balaban J connectivity index is 1.33. The molecule has 2 aromatic heterocycles. The third kappa shape index (κ3) is 3.66. The third-order valence-corrected chi connectivity index (χ3v) is 6.42. The van der Waals surface area contributed by atoms with Gasteiger partial charge >= 0.3 is 0 Å². The summed E-state index contributed by atoms with van der Waals surface area (Å²) in [5, 5.41) is 9.22. The van der Waals surface area contributed by atoms with Gasteiger partial charge in [0.2, 0.25) is 5.91 Å². The van der Waals surface area contributed by atoms with E-state index in [0.29, 0.717) is 53.2 Å². The molecular weight excluding hydrogens is 428 g/mol. The summed E-state index contributed by atoms with van der Waals surface area (Å²) in [6, 6.07) is 12.4. The van der Waals surface area contributed by atoms with Crippen LogP contribution in [0.15, 0.2) is 53.8 Å². The highest BCUT2D eigenvalue weighted by molar-refractivity contribution is 7.99. The van der Waals surface area contributed by atoms with Gasteiger partial charge in [-0.1, -0.05) is 30.0 Å². The van der Waals surface area contributed by atoms with Crippen LogP contribution in [0.5, 0.6) is 0 Å². The van der Waals surface area contributed by atoms with E-state index in [1.807, 2.05) is 22.8 Å². The summed E-state index contributed by atoms with van der Waals surface area (Å²) in [6.45, 7) is 1.32. The first-order valence-corrected chi connectivity index (χ1v) is 11.3. The van der Waals surface area contributed by atoms with Gasteiger partial charge in [0.1, 0.15) is 5.82 Å². The summed E-state index contributed by atoms with van der Waals surface area (Å²) in [4.78, 5) is 44.7. The molecule has 4 heterocycles. The topological polar surface area (TPSA) is 101 Å². The van der Waals surface area contributed by atoms with Crippen LogP contribution in [-0.2, 0) is 11.3 Å². The molecule has 0 spiro atoms. The lowest BCUT2D eigenvalue weighted by Gasteiger charge is -2.16. The number of thioether (sulfide) groups is 1. The van der Waals surface area contributed by atoms with E-state index < -0.39 is 0 Å². The molecule has 2 aliphatic heterocycles. The number of nitrogens with zero attached hydrogens (tertiary/aromatic N) is 6. The van der Waals surface area contributed by atoms with E-state index >= 15 is 0 Å². The molecule has 1 fully saturated rings. The van der Waals surface area contributed by atoms with Gasteiger partial charge in [-0.25, -0.2) is 4.98 Å². The smallest absolute Gasteiger partial charge is 0.261 e. The zero-order chi connectivity index (χ0) is 22.1. The Kier molecular flexibility index (Phi) is 5.44. The van der Waals surface area contributed by atoms with Crippen LogP contribution in [0.2, 0.25) is 0 Å². The highest BCUT2D eigenvalue weighted by atomic mass is 32.2. The summed E-state index contributed by atoms with van der Waals surface area (Å²) >= 11 is 1.39. The molecule has 0 radical (unpaired) electrons. The molecule has 0 aliphatic carbocycles. The number of imide groups is 1. The minimum atomic E-state index is -0.273. The van der Waals surface area contributed by atoms with Crippen molar-refractivity contribution in [2.45, 2.75) is 24.5 Å². The van der Waals surface area contributed by atoms with Crippen LogP contribution in [0.4, 0.5) is 0 Å². The molecule has 162 valence electrons. The van der Waals surface area contributed by atoms with Crippen molar-refractivity contribution in [1.82, 2.24) is 29.5 Å². The van der Waals surface area contributed by atoms with Gasteiger partial charge in [-0.05, 0) is 30.7 Å². The fraction of sp³-hybridized carbons (Fsp3) is 0.273. The van der Waals surface area contributed by atoms with Gasteiger partial charge in [0.15, 0.2) is 11.0 Å². The number of pyridine rings is 1. The number of fused-ring (bicyclic) bond motifs is 1. The first-order chi connectivity index (χ1) is 15.6. The zero-order valence-electron chi connectivity index (χ0n) is 17.2. The number of aromatic nitrogens is 4. The van der Waals surface area contributed by atoms with E-state index in [-0.39, 0.29) is 24.3 Å². The molecule has 0 bridgehead atoms. The van der Waals surface area contributed by atoms with E-state index in [0.717, 1.165) is 6.42 Å². The lowest BCUT2D eigenvalue weighted by molar-refractivity contribution is -0.128. The SMILES string of the molecule is O=C1CCCN1Cc1nnc(SCCN2C(=O)c3ccccc3C2=O)n1-c1ccccn1. The molecular formula is C22H20N6O3S. The van der Waals surface area contributed by atoms with Crippen molar-refractivity contribution in [1.29, 1.82) is 0 Å². The average Bonchev–Trinajstić information content (AvgIpc) is 3.48. The number of carbonyl (C=O) groups is 3. The van der Waals surface area contributed by atoms with Gasteiger partial charge in [0.05, 0.1) is 17.7 Å². The Labute approximate surface area is 188 Å². The monoisotopic (exact) mass is 448 g/mol. The summed E-state index contributed by atoms with van der Waals surface area (Å²) in [5.74, 6) is 1.31. The Morgan fingerprint density at radius 2 is 1.69 bits per heavy atom. The van der Waals surface area contributed by atoms with Gasteiger partial charge in [0.25, 0.3) is 11.8 Å². The minimum absolute atomic E-state index is 0.111. The number of benzene rings is 1. The van der Waals surface area contributed by atoms with Crippen LogP contribution in [0.3, 0.4) is 0 Å². The van der Waals surface area contributed by atoms with Gasteiger partial charge in [-0.15, -0.1) is 10.2 Å². The van der Waals surface area contributed by atoms with Crippen LogP contribution in [0.1, 0.15) is 39.4 Å². The lowest BCUT2D eigenvalue weighted by atomic mass is 10.1. The quantitative estimate of drug-likeness (QED) is 0.403. The van der Waals surface area contributed by atoms with Crippen molar-refractivity contribution >= 4 is 29.5 Å². The standard InChI is InChI=1S/C22H20N6O3S/c29-19-9-5-11-26(19)14-18-24-25-22(28(18)17-8-3-4-10-23-17)32-13-12-27-20(30)15-6-1-2-7-16(15)21(27)31/h1-4,6-8,10H,5,9,11-14H2. The van der Waals surface area contributed by atoms with Crippen molar-refractivity contribution < 1.29 is 14.4 Å². The summed E-state index contributed by atoms with van der Waals surface area (Å²) < 4.78 is 1.83. The number of carbonyl (C=O) groups excluding carboxylic acids is 3. The first-order valence-electron chi connectivity index (χ1n) is 10.3. The Morgan fingerprint density at radius 1 is 0.938 bits per heavy atom. The maximum absolute atomic E-state index is 12.6. The second kappa shape index (κ2) is 8.54. The first kappa shape index (κ1) is 20.4. The molecule has 10 heteroatoms. The van der Waals surface area contributed by atoms with Gasteiger partial charge in [-0.3, -0.25) is 23.9 Å². The van der Waals surface area contributed by atoms with Crippen LogP contribution in [-0.4, -0.2) is 66.1 Å². The molecule has 0 N–H and O–H groups in total. The van der Waals surface area contributed by atoms with E-state index in [4.69, 9.17) is 0 Å².